The third kappa shape index (κ3) is 3.62. The van der Waals surface area contributed by atoms with Crippen LogP contribution in [0.3, 0.4) is 0 Å². The van der Waals surface area contributed by atoms with Crippen LogP contribution in [0.2, 0.25) is 0 Å². The smallest absolute Gasteiger partial charge is 0.407 e. The lowest BCUT2D eigenvalue weighted by molar-refractivity contribution is -0.136. The van der Waals surface area contributed by atoms with Crippen LogP contribution in [0.1, 0.15) is 55.8 Å². The van der Waals surface area contributed by atoms with Gasteiger partial charge in [0.1, 0.15) is 6.04 Å². The molecule has 0 unspecified atom stereocenters. The first-order chi connectivity index (χ1) is 14.5. The van der Waals surface area contributed by atoms with Crippen molar-refractivity contribution in [2.24, 2.45) is 0 Å². The number of hydrogen-bond acceptors (Lipinski definition) is 3. The Labute approximate surface area is 176 Å². The Hall–Kier alpha value is -3.01. The number of benzene rings is 1. The van der Waals surface area contributed by atoms with Crippen LogP contribution in [0.25, 0.3) is 10.9 Å². The van der Waals surface area contributed by atoms with Crippen LogP contribution in [0.4, 0.5) is 4.79 Å². The molecule has 2 atom stereocenters. The van der Waals surface area contributed by atoms with Gasteiger partial charge in [-0.2, -0.15) is 5.26 Å². The number of likely N-dealkylation sites (tertiary alicyclic amines) is 2. The van der Waals surface area contributed by atoms with Crippen LogP contribution in [0.15, 0.2) is 18.2 Å². The van der Waals surface area contributed by atoms with E-state index in [-0.39, 0.29) is 11.9 Å². The fourth-order valence-electron chi connectivity index (χ4n) is 5.17. The van der Waals surface area contributed by atoms with E-state index in [0.717, 1.165) is 49.4 Å². The zero-order valence-corrected chi connectivity index (χ0v) is 17.4. The van der Waals surface area contributed by atoms with Crippen molar-refractivity contribution in [1.29, 1.82) is 5.26 Å². The molecule has 0 spiro atoms. The highest BCUT2D eigenvalue weighted by Crippen LogP contribution is 2.29. The molecule has 0 saturated carbocycles. The third-order valence-electron chi connectivity index (χ3n) is 6.65. The molecule has 0 radical (unpaired) electrons. The van der Waals surface area contributed by atoms with E-state index in [2.05, 4.69) is 18.0 Å². The highest BCUT2D eigenvalue weighted by molar-refractivity contribution is 5.87. The molecule has 1 aromatic heterocycles. The van der Waals surface area contributed by atoms with Gasteiger partial charge in [-0.05, 0) is 68.7 Å². The topological polar surface area (TPSA) is 100 Å². The molecule has 7 nitrogen and oxygen atoms in total. The maximum atomic E-state index is 13.1. The number of H-pyrrole nitrogens is 1. The Morgan fingerprint density at radius 3 is 2.73 bits per heavy atom. The molecule has 2 fully saturated rings. The molecule has 2 aliphatic rings. The van der Waals surface area contributed by atoms with E-state index in [1.165, 1.54) is 16.2 Å². The number of carbonyl (C=O) groups is 2. The third-order valence-corrected chi connectivity index (χ3v) is 6.65. The summed E-state index contributed by atoms with van der Waals surface area (Å²) in [7, 11) is 0. The lowest BCUT2D eigenvalue weighted by Crippen LogP contribution is -2.49. The van der Waals surface area contributed by atoms with Gasteiger partial charge in [-0.15, -0.1) is 0 Å². The van der Waals surface area contributed by atoms with Crippen molar-refractivity contribution in [2.75, 3.05) is 13.1 Å². The maximum Gasteiger partial charge on any atom is 0.407 e. The van der Waals surface area contributed by atoms with Crippen molar-refractivity contribution in [3.63, 3.8) is 0 Å². The molecule has 7 heteroatoms. The maximum absolute atomic E-state index is 13.1. The van der Waals surface area contributed by atoms with Crippen molar-refractivity contribution >= 4 is 22.9 Å². The molecular formula is C23H28N4O3. The quantitative estimate of drug-likeness (QED) is 0.788. The largest absolute Gasteiger partial charge is 0.465 e. The summed E-state index contributed by atoms with van der Waals surface area (Å²) in [5, 5.41) is 19.7. The zero-order valence-electron chi connectivity index (χ0n) is 17.4. The minimum Gasteiger partial charge on any atom is -0.465 e. The standard InChI is InChI=1S/C23H28N4O3/c1-2-17-18-13-15(14-24)7-9-20(18)25-19(17)10-8-16-5-3-11-26(16)22(28)21-6-4-12-27(21)23(29)30/h7,9,13,16,21,25H,2-6,8,10-12H2,1H3,(H,29,30)/t16-,21+/m0/s1. The number of carbonyl (C=O) groups excluding carboxylic acids is 1. The second-order valence-corrected chi connectivity index (χ2v) is 8.31. The van der Waals surface area contributed by atoms with Crippen molar-refractivity contribution in [3.8, 4) is 6.07 Å². The Morgan fingerprint density at radius 1 is 1.23 bits per heavy atom. The fourth-order valence-corrected chi connectivity index (χ4v) is 5.17. The number of carboxylic acid groups (broad SMARTS) is 1. The van der Waals surface area contributed by atoms with E-state index >= 15 is 0 Å². The minimum absolute atomic E-state index is 0.0246. The summed E-state index contributed by atoms with van der Waals surface area (Å²) >= 11 is 0. The first kappa shape index (κ1) is 20.3. The van der Waals surface area contributed by atoms with Crippen LogP contribution in [-0.2, 0) is 17.6 Å². The second-order valence-electron chi connectivity index (χ2n) is 8.31. The summed E-state index contributed by atoms with van der Waals surface area (Å²) < 4.78 is 0. The van der Waals surface area contributed by atoms with Gasteiger partial charge in [-0.3, -0.25) is 9.69 Å². The number of aromatic amines is 1. The number of nitrogens with zero attached hydrogens (tertiary/aromatic N) is 3. The van der Waals surface area contributed by atoms with Gasteiger partial charge in [0.25, 0.3) is 0 Å². The van der Waals surface area contributed by atoms with Crippen LogP contribution >= 0.6 is 0 Å². The second kappa shape index (κ2) is 8.39. The minimum atomic E-state index is -0.996. The molecule has 30 heavy (non-hydrogen) atoms. The van der Waals surface area contributed by atoms with Crippen molar-refractivity contribution in [3.05, 3.63) is 35.0 Å². The first-order valence-corrected chi connectivity index (χ1v) is 10.9. The van der Waals surface area contributed by atoms with Gasteiger partial charge in [0.05, 0.1) is 11.6 Å². The van der Waals surface area contributed by atoms with E-state index in [4.69, 9.17) is 0 Å². The number of fused-ring (bicyclic) bond motifs is 1. The summed E-state index contributed by atoms with van der Waals surface area (Å²) in [5.74, 6) is -0.0246. The van der Waals surface area contributed by atoms with Crippen molar-refractivity contribution < 1.29 is 14.7 Å². The number of rotatable bonds is 5. The van der Waals surface area contributed by atoms with Gasteiger partial charge in [-0.1, -0.05) is 6.92 Å². The molecule has 2 aliphatic heterocycles. The lowest BCUT2D eigenvalue weighted by atomic mass is 10.0. The summed E-state index contributed by atoms with van der Waals surface area (Å²) in [5.41, 5.74) is 4.12. The molecule has 2 saturated heterocycles. The Kier molecular flexibility index (Phi) is 5.67. The predicted octanol–water partition coefficient (Wildman–Crippen LogP) is 3.67. The number of aromatic nitrogens is 1. The van der Waals surface area contributed by atoms with Gasteiger partial charge in [0.15, 0.2) is 0 Å². The number of hydrogen-bond donors (Lipinski definition) is 2. The van der Waals surface area contributed by atoms with Crippen molar-refractivity contribution in [1.82, 2.24) is 14.8 Å². The van der Waals surface area contributed by atoms with Gasteiger partial charge in [0.2, 0.25) is 5.91 Å². The average molecular weight is 409 g/mol. The zero-order chi connectivity index (χ0) is 21.3. The summed E-state index contributed by atoms with van der Waals surface area (Å²) in [6.45, 7) is 3.29. The summed E-state index contributed by atoms with van der Waals surface area (Å²) in [6.07, 6.45) is 4.88. The van der Waals surface area contributed by atoms with Crippen LogP contribution in [-0.4, -0.2) is 57.1 Å². The van der Waals surface area contributed by atoms with Gasteiger partial charge < -0.3 is 15.0 Å². The average Bonchev–Trinajstić information content (AvgIpc) is 3.48. The first-order valence-electron chi connectivity index (χ1n) is 10.9. The Morgan fingerprint density at radius 2 is 2.00 bits per heavy atom. The normalized spacial score (nSPS) is 21.3. The SMILES string of the molecule is CCc1c(CC[C@@H]2CCCN2C(=O)[C@H]2CCCN2C(=O)O)[nH]c2ccc(C#N)cc12. The van der Waals surface area contributed by atoms with E-state index in [9.17, 15) is 20.0 Å². The Balaban J connectivity index is 1.49. The highest BCUT2D eigenvalue weighted by Gasteiger charge is 2.39. The van der Waals surface area contributed by atoms with Crippen LogP contribution in [0.5, 0.6) is 0 Å². The predicted molar refractivity (Wildman–Crippen MR) is 113 cm³/mol. The molecule has 0 bridgehead atoms. The lowest BCUT2D eigenvalue weighted by Gasteiger charge is -2.30. The Bertz CT molecular complexity index is 1010. The molecule has 0 aliphatic carbocycles. The van der Waals surface area contributed by atoms with Gasteiger partial charge in [-0.25, -0.2) is 4.79 Å². The monoisotopic (exact) mass is 408 g/mol. The molecule has 3 heterocycles. The van der Waals surface area contributed by atoms with Gasteiger partial charge in [0, 0.05) is 35.7 Å². The summed E-state index contributed by atoms with van der Waals surface area (Å²) in [6, 6.07) is 7.57. The van der Waals surface area contributed by atoms with Crippen LogP contribution < -0.4 is 0 Å². The highest BCUT2D eigenvalue weighted by atomic mass is 16.4. The van der Waals surface area contributed by atoms with Gasteiger partial charge >= 0.3 is 6.09 Å². The van der Waals surface area contributed by atoms with E-state index in [0.29, 0.717) is 25.1 Å². The molecule has 158 valence electrons. The molecule has 2 aromatic rings. The van der Waals surface area contributed by atoms with E-state index < -0.39 is 12.1 Å². The number of nitrogens with one attached hydrogen (secondary N) is 1. The van der Waals surface area contributed by atoms with E-state index in [1.807, 2.05) is 23.1 Å². The molecule has 2 amide bonds. The summed E-state index contributed by atoms with van der Waals surface area (Å²) in [4.78, 5) is 31.3. The number of nitriles is 1. The number of aryl methyl sites for hydroxylation is 2. The molecule has 4 rings (SSSR count). The molecule has 1 aromatic carbocycles. The number of amides is 2. The van der Waals surface area contributed by atoms with Crippen LogP contribution in [0, 0.1) is 11.3 Å². The van der Waals surface area contributed by atoms with E-state index in [1.54, 1.807) is 0 Å². The molecule has 2 N–H and O–H groups in total. The fraction of sp³-hybridized carbons (Fsp3) is 0.522. The molecular weight excluding hydrogens is 380 g/mol. The van der Waals surface area contributed by atoms with Crippen molar-refractivity contribution in [2.45, 2.75) is 64.0 Å².